The first-order valence-corrected chi connectivity index (χ1v) is 4.02. The van der Waals surface area contributed by atoms with Crippen molar-refractivity contribution in [3.05, 3.63) is 29.8 Å². The smallest absolute Gasteiger partial charge is 0.307 e. The van der Waals surface area contributed by atoms with Crippen molar-refractivity contribution in [3.63, 3.8) is 0 Å². The third kappa shape index (κ3) is 2.56. The number of Topliss-reactive ketones (excluding diaryl/α,β-unsaturated/α-hetero) is 1. The van der Waals surface area contributed by atoms with Crippen LogP contribution >= 0.6 is 0 Å². The molecule has 0 bridgehead atoms. The molecule has 0 radical (unpaired) electrons. The normalized spacial score (nSPS) is 9.29. The molecule has 74 valence electrons. The number of carbonyl (C=O) groups is 2. The maximum absolute atomic E-state index is 11.0. The molecule has 0 aliphatic rings. The maximum atomic E-state index is 11.0. The molecule has 1 aromatic carbocycles. The minimum Gasteiger partial charge on any atom is -0.307 e. The lowest BCUT2D eigenvalue weighted by atomic mass is 10.1. The van der Waals surface area contributed by atoms with Gasteiger partial charge in [0.2, 0.25) is 0 Å². The minimum absolute atomic E-state index is 0.0539. The van der Waals surface area contributed by atoms with E-state index in [4.69, 9.17) is 5.84 Å². The topological polar surface area (TPSA) is 84.2 Å². The highest BCUT2D eigenvalue weighted by Crippen LogP contribution is 2.10. The fourth-order valence-corrected chi connectivity index (χ4v) is 0.983. The summed E-state index contributed by atoms with van der Waals surface area (Å²) >= 11 is 0. The van der Waals surface area contributed by atoms with Gasteiger partial charge in [-0.05, 0) is 19.1 Å². The van der Waals surface area contributed by atoms with Gasteiger partial charge in [0.15, 0.2) is 5.78 Å². The van der Waals surface area contributed by atoms with Gasteiger partial charge in [-0.3, -0.25) is 10.2 Å². The fourth-order valence-electron chi connectivity index (χ4n) is 0.983. The number of anilines is 1. The van der Waals surface area contributed by atoms with Gasteiger partial charge in [0, 0.05) is 11.3 Å². The zero-order chi connectivity index (χ0) is 10.6. The van der Waals surface area contributed by atoms with Crippen LogP contribution in [0.2, 0.25) is 0 Å². The van der Waals surface area contributed by atoms with E-state index >= 15 is 0 Å². The Labute approximate surface area is 81.3 Å². The highest BCUT2D eigenvalue weighted by Gasteiger charge is 2.02. The third-order valence-corrected chi connectivity index (χ3v) is 1.66. The summed E-state index contributed by atoms with van der Waals surface area (Å²) in [5, 5.41) is 2.46. The molecule has 14 heavy (non-hydrogen) atoms. The lowest BCUT2D eigenvalue weighted by molar-refractivity contribution is 0.101. The Balaban J connectivity index is 2.83. The fraction of sp³-hybridized carbons (Fsp3) is 0.111. The lowest BCUT2D eigenvalue weighted by Gasteiger charge is -2.04. The van der Waals surface area contributed by atoms with Gasteiger partial charge < -0.3 is 5.32 Å². The number of ketones is 1. The highest BCUT2D eigenvalue weighted by atomic mass is 16.2. The van der Waals surface area contributed by atoms with Gasteiger partial charge in [-0.1, -0.05) is 12.1 Å². The first-order chi connectivity index (χ1) is 6.63. The molecule has 0 unspecified atom stereocenters. The molecule has 1 rings (SSSR count). The van der Waals surface area contributed by atoms with Gasteiger partial charge in [-0.15, -0.1) is 0 Å². The summed E-state index contributed by atoms with van der Waals surface area (Å²) in [7, 11) is 0. The van der Waals surface area contributed by atoms with E-state index in [9.17, 15) is 9.59 Å². The summed E-state index contributed by atoms with van der Waals surface area (Å²) in [6, 6.07) is 6.08. The summed E-state index contributed by atoms with van der Waals surface area (Å²) in [4.78, 5) is 21.8. The number of benzene rings is 1. The van der Waals surface area contributed by atoms with Crippen LogP contribution in [0.3, 0.4) is 0 Å². The Bertz CT molecular complexity index is 363. The van der Waals surface area contributed by atoms with Crippen LogP contribution in [0.1, 0.15) is 17.3 Å². The van der Waals surface area contributed by atoms with Crippen LogP contribution in [0.15, 0.2) is 24.3 Å². The second-order valence-electron chi connectivity index (χ2n) is 2.74. The third-order valence-electron chi connectivity index (χ3n) is 1.66. The molecule has 0 atom stereocenters. The molecule has 4 N–H and O–H groups in total. The number of nitrogens with two attached hydrogens (primary N) is 1. The zero-order valence-corrected chi connectivity index (χ0v) is 7.70. The largest absolute Gasteiger partial charge is 0.333 e. The van der Waals surface area contributed by atoms with Crippen LogP contribution in [0.5, 0.6) is 0 Å². The number of hydrogen-bond acceptors (Lipinski definition) is 3. The number of urea groups is 1. The van der Waals surface area contributed by atoms with Crippen molar-refractivity contribution >= 4 is 17.5 Å². The molecule has 2 amide bonds. The summed E-state index contributed by atoms with van der Waals surface area (Å²) in [5.74, 6) is 4.83. The molecule has 5 nitrogen and oxygen atoms in total. The Hall–Kier alpha value is -1.88. The zero-order valence-electron chi connectivity index (χ0n) is 7.70. The van der Waals surface area contributed by atoms with Crippen molar-refractivity contribution < 1.29 is 9.59 Å². The summed E-state index contributed by atoms with van der Waals surface area (Å²) in [6.45, 7) is 1.46. The molecule has 0 heterocycles. The Morgan fingerprint density at radius 2 is 2.07 bits per heavy atom. The molecule has 0 aromatic heterocycles. The predicted octanol–water partition coefficient (Wildman–Crippen LogP) is 0.884. The van der Waals surface area contributed by atoms with E-state index in [1.165, 1.54) is 6.92 Å². The number of carbonyl (C=O) groups excluding carboxylic acids is 2. The molecule has 0 aliphatic heterocycles. The number of rotatable bonds is 2. The van der Waals surface area contributed by atoms with Crippen molar-refractivity contribution in [2.75, 3.05) is 5.32 Å². The van der Waals surface area contributed by atoms with E-state index in [1.54, 1.807) is 24.3 Å². The van der Waals surface area contributed by atoms with Crippen molar-refractivity contribution in [1.82, 2.24) is 5.43 Å². The van der Waals surface area contributed by atoms with Gasteiger partial charge in [0.05, 0.1) is 0 Å². The van der Waals surface area contributed by atoms with Crippen LogP contribution in [0.4, 0.5) is 10.5 Å². The quantitative estimate of drug-likeness (QED) is 0.282. The first-order valence-electron chi connectivity index (χ1n) is 4.02. The molecule has 0 fully saturated rings. The molecule has 0 aliphatic carbocycles. The van der Waals surface area contributed by atoms with E-state index in [-0.39, 0.29) is 5.78 Å². The summed E-state index contributed by atoms with van der Waals surface area (Å²) in [5.41, 5.74) is 3.00. The van der Waals surface area contributed by atoms with E-state index in [0.29, 0.717) is 11.3 Å². The SMILES string of the molecule is CC(=O)c1cccc(NC(=O)NN)c1. The molecule has 1 aromatic rings. The van der Waals surface area contributed by atoms with Crippen molar-refractivity contribution in [1.29, 1.82) is 0 Å². The van der Waals surface area contributed by atoms with Gasteiger partial charge >= 0.3 is 6.03 Å². The van der Waals surface area contributed by atoms with Crippen LogP contribution < -0.4 is 16.6 Å². The number of hydrogen-bond donors (Lipinski definition) is 3. The van der Waals surface area contributed by atoms with Gasteiger partial charge in [0.1, 0.15) is 0 Å². The minimum atomic E-state index is -0.522. The number of hydrazine groups is 1. The van der Waals surface area contributed by atoms with Gasteiger partial charge in [-0.2, -0.15) is 0 Å². The van der Waals surface area contributed by atoms with Crippen LogP contribution in [0, 0.1) is 0 Å². The summed E-state index contributed by atoms with van der Waals surface area (Å²) < 4.78 is 0. The van der Waals surface area contributed by atoms with E-state index in [1.807, 2.05) is 5.43 Å². The van der Waals surface area contributed by atoms with E-state index in [0.717, 1.165) is 0 Å². The predicted molar refractivity (Wildman–Crippen MR) is 52.8 cm³/mol. The monoisotopic (exact) mass is 193 g/mol. The average molecular weight is 193 g/mol. The number of amides is 2. The Kier molecular flexibility index (Phi) is 3.19. The molecular formula is C9H11N3O2. The first kappa shape index (κ1) is 10.2. The molecule has 0 spiro atoms. The van der Waals surface area contributed by atoms with E-state index < -0.39 is 6.03 Å². The van der Waals surface area contributed by atoms with Crippen molar-refractivity contribution in [3.8, 4) is 0 Å². The van der Waals surface area contributed by atoms with Gasteiger partial charge in [0.25, 0.3) is 0 Å². The highest BCUT2D eigenvalue weighted by molar-refractivity contribution is 5.96. The van der Waals surface area contributed by atoms with Crippen molar-refractivity contribution in [2.24, 2.45) is 5.84 Å². The number of nitrogens with one attached hydrogen (secondary N) is 2. The second-order valence-corrected chi connectivity index (χ2v) is 2.74. The van der Waals surface area contributed by atoms with Crippen LogP contribution in [-0.4, -0.2) is 11.8 Å². The Morgan fingerprint density at radius 1 is 1.36 bits per heavy atom. The Morgan fingerprint density at radius 3 is 2.64 bits per heavy atom. The standard InChI is InChI=1S/C9H11N3O2/c1-6(13)7-3-2-4-8(5-7)11-9(14)12-10/h2-5H,10H2,1H3,(H2,11,12,14). The second kappa shape index (κ2) is 4.38. The van der Waals surface area contributed by atoms with E-state index in [2.05, 4.69) is 5.32 Å². The maximum Gasteiger partial charge on any atom is 0.333 e. The average Bonchev–Trinajstić information content (AvgIpc) is 2.18. The molecule has 0 saturated carbocycles. The lowest BCUT2D eigenvalue weighted by Crippen LogP contribution is -2.34. The molecule has 0 saturated heterocycles. The van der Waals surface area contributed by atoms with Gasteiger partial charge in [-0.25, -0.2) is 10.6 Å². The molecule has 5 heteroatoms. The van der Waals surface area contributed by atoms with Crippen molar-refractivity contribution in [2.45, 2.75) is 6.92 Å². The molecular weight excluding hydrogens is 182 g/mol. The van der Waals surface area contributed by atoms with Crippen LogP contribution in [-0.2, 0) is 0 Å². The van der Waals surface area contributed by atoms with Crippen LogP contribution in [0.25, 0.3) is 0 Å². The summed E-state index contributed by atoms with van der Waals surface area (Å²) in [6.07, 6.45) is 0.